The summed E-state index contributed by atoms with van der Waals surface area (Å²) in [7, 11) is 0. The zero-order valence-corrected chi connectivity index (χ0v) is 17.6. The van der Waals surface area contributed by atoms with Gasteiger partial charge in [-0.1, -0.05) is 58.7 Å². The van der Waals surface area contributed by atoms with Crippen LogP contribution in [0.5, 0.6) is 0 Å². The fourth-order valence-corrected chi connectivity index (χ4v) is 2.85. The number of hydrogen-bond acceptors (Lipinski definition) is 1. The Kier molecular flexibility index (Phi) is 9.95. The third kappa shape index (κ3) is 8.99. The van der Waals surface area contributed by atoms with Crippen LogP contribution < -0.4 is 0 Å². The molecule has 0 aliphatic heterocycles. The lowest BCUT2D eigenvalue weighted by Crippen LogP contribution is -1.95. The van der Waals surface area contributed by atoms with Gasteiger partial charge >= 0.3 is 0 Å². The second kappa shape index (κ2) is 11.7. The third-order valence-corrected chi connectivity index (χ3v) is 4.57. The molecular formula is C25H36O. The lowest BCUT2D eigenvalue weighted by Gasteiger charge is -1.98. The van der Waals surface area contributed by atoms with Crippen molar-refractivity contribution in [1.82, 2.24) is 0 Å². The first-order valence-electron chi connectivity index (χ1n) is 9.83. The first kappa shape index (κ1) is 22.2. The van der Waals surface area contributed by atoms with E-state index in [1.807, 2.05) is 12.2 Å². The SMILES string of the molecule is CC(C)=CCC/C(C)=C/C=C1/CC/C(=C\C=C(/C)CCC=C(C)C)C1=O. The standard InChI is InChI=1S/C25H36O/c1-19(2)9-7-11-21(5)13-15-23-17-18-24(25(23)26)16-14-22(6)12-8-10-20(3)4/h9-10,13-16H,7-8,11-12,17-18H2,1-6H3/b21-13+,22-14+,23-15-,24-16+. The molecule has 142 valence electrons. The lowest BCUT2D eigenvalue weighted by atomic mass is 10.1. The van der Waals surface area contributed by atoms with Gasteiger partial charge in [0.1, 0.15) is 0 Å². The molecule has 26 heavy (non-hydrogen) atoms. The molecule has 0 aromatic carbocycles. The molecule has 1 aliphatic rings. The third-order valence-electron chi connectivity index (χ3n) is 4.57. The van der Waals surface area contributed by atoms with Crippen molar-refractivity contribution >= 4 is 5.78 Å². The van der Waals surface area contributed by atoms with Gasteiger partial charge in [0.05, 0.1) is 0 Å². The summed E-state index contributed by atoms with van der Waals surface area (Å²) in [5.74, 6) is 0.228. The van der Waals surface area contributed by atoms with Gasteiger partial charge in [0.25, 0.3) is 0 Å². The lowest BCUT2D eigenvalue weighted by molar-refractivity contribution is -0.111. The van der Waals surface area contributed by atoms with Crippen LogP contribution in [0.4, 0.5) is 0 Å². The van der Waals surface area contributed by atoms with Crippen molar-refractivity contribution in [1.29, 1.82) is 0 Å². The molecule has 0 heterocycles. The minimum atomic E-state index is 0.228. The molecule has 1 saturated carbocycles. The Morgan fingerprint density at radius 3 is 1.46 bits per heavy atom. The molecule has 0 spiro atoms. The van der Waals surface area contributed by atoms with Crippen LogP contribution in [-0.4, -0.2) is 5.78 Å². The van der Waals surface area contributed by atoms with E-state index in [2.05, 4.69) is 65.8 Å². The summed E-state index contributed by atoms with van der Waals surface area (Å²) in [4.78, 5) is 12.5. The van der Waals surface area contributed by atoms with Crippen molar-refractivity contribution in [3.05, 3.63) is 69.9 Å². The van der Waals surface area contributed by atoms with Gasteiger partial charge in [-0.3, -0.25) is 4.79 Å². The van der Waals surface area contributed by atoms with Crippen LogP contribution >= 0.6 is 0 Å². The smallest absolute Gasteiger partial charge is 0.185 e. The van der Waals surface area contributed by atoms with E-state index < -0.39 is 0 Å². The minimum Gasteiger partial charge on any atom is -0.289 e. The van der Waals surface area contributed by atoms with Gasteiger partial charge in [0.15, 0.2) is 5.78 Å². The molecule has 1 heteroatoms. The van der Waals surface area contributed by atoms with E-state index in [-0.39, 0.29) is 5.78 Å². The number of ketones is 1. The summed E-state index contributed by atoms with van der Waals surface area (Å²) in [5.41, 5.74) is 7.29. The van der Waals surface area contributed by atoms with Crippen molar-refractivity contribution in [3.8, 4) is 0 Å². The topological polar surface area (TPSA) is 17.1 Å². The van der Waals surface area contributed by atoms with Crippen molar-refractivity contribution in [2.75, 3.05) is 0 Å². The maximum absolute atomic E-state index is 12.5. The van der Waals surface area contributed by atoms with E-state index in [9.17, 15) is 4.79 Å². The van der Waals surface area contributed by atoms with Crippen molar-refractivity contribution in [2.24, 2.45) is 0 Å². The van der Waals surface area contributed by atoms with Gasteiger partial charge < -0.3 is 0 Å². The molecule has 0 radical (unpaired) electrons. The van der Waals surface area contributed by atoms with Gasteiger partial charge in [-0.25, -0.2) is 0 Å². The van der Waals surface area contributed by atoms with Crippen LogP contribution in [0.1, 0.15) is 80.1 Å². The molecule has 1 nitrogen and oxygen atoms in total. The molecule has 0 amide bonds. The van der Waals surface area contributed by atoms with Crippen LogP contribution in [0.3, 0.4) is 0 Å². The molecule has 0 aromatic heterocycles. The quantitative estimate of drug-likeness (QED) is 0.325. The summed E-state index contributed by atoms with van der Waals surface area (Å²) in [5, 5.41) is 0. The number of carbonyl (C=O) groups is 1. The average Bonchev–Trinajstić information content (AvgIpc) is 2.90. The molecule has 1 fully saturated rings. The highest BCUT2D eigenvalue weighted by Gasteiger charge is 2.21. The molecular weight excluding hydrogens is 316 g/mol. The van der Waals surface area contributed by atoms with Crippen LogP contribution in [0.2, 0.25) is 0 Å². The summed E-state index contributed by atoms with van der Waals surface area (Å²) in [6, 6.07) is 0. The predicted octanol–water partition coefficient (Wildman–Crippen LogP) is 7.59. The largest absolute Gasteiger partial charge is 0.289 e. The summed E-state index contributed by atoms with van der Waals surface area (Å²) in [6.07, 6.45) is 18.8. The maximum atomic E-state index is 12.5. The van der Waals surface area contributed by atoms with Crippen LogP contribution in [0.25, 0.3) is 0 Å². The highest BCUT2D eigenvalue weighted by molar-refractivity contribution is 6.11. The van der Waals surface area contributed by atoms with Crippen LogP contribution in [-0.2, 0) is 4.79 Å². The number of hydrogen-bond donors (Lipinski definition) is 0. The Balaban J connectivity index is 2.63. The number of carbonyl (C=O) groups excluding carboxylic acids is 1. The Morgan fingerprint density at radius 1 is 0.731 bits per heavy atom. The second-order valence-corrected chi connectivity index (χ2v) is 7.88. The molecule has 1 rings (SSSR count). The molecule has 0 unspecified atom stereocenters. The van der Waals surface area contributed by atoms with E-state index in [4.69, 9.17) is 0 Å². The fourth-order valence-electron chi connectivity index (χ4n) is 2.85. The molecule has 0 saturated heterocycles. The first-order valence-corrected chi connectivity index (χ1v) is 9.83. The normalized spacial score (nSPS) is 18.6. The summed E-state index contributed by atoms with van der Waals surface area (Å²) in [6.45, 7) is 12.8. The predicted molar refractivity (Wildman–Crippen MR) is 115 cm³/mol. The maximum Gasteiger partial charge on any atom is 0.185 e. The molecule has 0 bridgehead atoms. The highest BCUT2D eigenvalue weighted by atomic mass is 16.1. The van der Waals surface area contributed by atoms with E-state index >= 15 is 0 Å². The Labute approximate surface area is 161 Å². The second-order valence-electron chi connectivity index (χ2n) is 7.88. The molecule has 0 aromatic rings. The first-order chi connectivity index (χ1) is 12.3. The van der Waals surface area contributed by atoms with Crippen LogP contribution in [0, 0.1) is 0 Å². The fraction of sp³-hybridized carbons (Fsp3) is 0.480. The van der Waals surface area contributed by atoms with Crippen molar-refractivity contribution in [2.45, 2.75) is 80.1 Å². The Bertz CT molecular complexity index is 609. The van der Waals surface area contributed by atoms with Gasteiger partial charge in [0, 0.05) is 11.1 Å². The highest BCUT2D eigenvalue weighted by Crippen LogP contribution is 2.27. The molecule has 0 N–H and O–H groups in total. The van der Waals surface area contributed by atoms with Gasteiger partial charge in [0.2, 0.25) is 0 Å². The van der Waals surface area contributed by atoms with E-state index in [0.29, 0.717) is 0 Å². The monoisotopic (exact) mass is 352 g/mol. The van der Waals surface area contributed by atoms with E-state index in [0.717, 1.165) is 49.7 Å². The number of rotatable bonds is 8. The minimum absolute atomic E-state index is 0.228. The van der Waals surface area contributed by atoms with E-state index in [1.165, 1.54) is 22.3 Å². The zero-order valence-electron chi connectivity index (χ0n) is 17.6. The Hall–Kier alpha value is -1.89. The molecule has 1 aliphatic carbocycles. The van der Waals surface area contributed by atoms with Crippen molar-refractivity contribution in [3.63, 3.8) is 0 Å². The van der Waals surface area contributed by atoms with Crippen molar-refractivity contribution < 1.29 is 4.79 Å². The van der Waals surface area contributed by atoms with Gasteiger partial charge in [-0.2, -0.15) is 0 Å². The van der Waals surface area contributed by atoms with Crippen LogP contribution in [0.15, 0.2) is 69.9 Å². The number of Topliss-reactive ketones (excluding diaryl/α,β-unsaturated/α-hetero) is 1. The Morgan fingerprint density at radius 2 is 1.12 bits per heavy atom. The molecule has 0 atom stereocenters. The summed E-state index contributed by atoms with van der Waals surface area (Å²) < 4.78 is 0. The average molecular weight is 353 g/mol. The van der Waals surface area contributed by atoms with Gasteiger partial charge in [-0.15, -0.1) is 0 Å². The van der Waals surface area contributed by atoms with E-state index in [1.54, 1.807) is 0 Å². The van der Waals surface area contributed by atoms with Gasteiger partial charge in [-0.05, 0) is 80.1 Å². The zero-order chi connectivity index (χ0) is 19.5. The number of allylic oxidation sites excluding steroid dienone is 12. The summed E-state index contributed by atoms with van der Waals surface area (Å²) >= 11 is 0.